The van der Waals surface area contributed by atoms with Crippen molar-refractivity contribution < 1.29 is 33.5 Å². The Bertz CT molecular complexity index is 962. The summed E-state index contributed by atoms with van der Waals surface area (Å²) in [5.74, 6) is -5.08. The van der Waals surface area contributed by atoms with Crippen molar-refractivity contribution in [1.82, 2.24) is 10.2 Å². The van der Waals surface area contributed by atoms with Crippen LogP contribution in [-0.2, 0) is 14.4 Å². The number of carbonyl (C=O) groups is 5. The van der Waals surface area contributed by atoms with E-state index in [1.165, 1.54) is 6.07 Å². The zero-order chi connectivity index (χ0) is 20.9. The Balaban J connectivity index is 1.65. The van der Waals surface area contributed by atoms with E-state index in [1.807, 2.05) is 0 Å². The van der Waals surface area contributed by atoms with E-state index in [2.05, 4.69) is 5.32 Å². The molecule has 3 heterocycles. The zero-order valence-corrected chi connectivity index (χ0v) is 15.3. The van der Waals surface area contributed by atoms with Gasteiger partial charge in [-0.25, -0.2) is 4.39 Å². The predicted molar refractivity (Wildman–Crippen MR) is 95.6 cm³/mol. The third-order valence-corrected chi connectivity index (χ3v) is 5.62. The number of nitrogens with one attached hydrogen (secondary N) is 1. The van der Waals surface area contributed by atoms with E-state index in [9.17, 15) is 33.5 Å². The quantitative estimate of drug-likeness (QED) is 0.706. The molecule has 2 saturated heterocycles. The van der Waals surface area contributed by atoms with Crippen molar-refractivity contribution >= 4 is 35.3 Å². The topological polar surface area (TPSA) is 124 Å². The smallest absolute Gasteiger partial charge is 0.308 e. The molecule has 0 radical (unpaired) electrons. The van der Waals surface area contributed by atoms with E-state index < -0.39 is 47.4 Å². The van der Waals surface area contributed by atoms with E-state index in [0.717, 1.165) is 11.0 Å². The van der Waals surface area contributed by atoms with E-state index in [-0.39, 0.29) is 36.2 Å². The number of rotatable bonds is 3. The Labute approximate surface area is 164 Å². The average molecular weight is 403 g/mol. The fourth-order valence-corrected chi connectivity index (χ4v) is 4.12. The van der Waals surface area contributed by atoms with Gasteiger partial charge in [0.15, 0.2) is 0 Å². The minimum Gasteiger partial charge on any atom is -0.481 e. The van der Waals surface area contributed by atoms with Gasteiger partial charge in [0.05, 0.1) is 22.7 Å². The first-order valence-electron chi connectivity index (χ1n) is 9.31. The summed E-state index contributed by atoms with van der Waals surface area (Å²) >= 11 is 0. The van der Waals surface area contributed by atoms with Crippen molar-refractivity contribution in [3.63, 3.8) is 0 Å². The van der Waals surface area contributed by atoms with Gasteiger partial charge in [-0.15, -0.1) is 0 Å². The molecular formula is C19H18FN3O6. The van der Waals surface area contributed by atoms with Gasteiger partial charge in [0.2, 0.25) is 11.8 Å². The first kappa shape index (κ1) is 19.0. The molecule has 0 bridgehead atoms. The number of nitrogens with zero attached hydrogens (tertiary/aromatic N) is 2. The van der Waals surface area contributed by atoms with Crippen LogP contribution < -0.4 is 10.2 Å². The molecule has 9 nitrogen and oxygen atoms in total. The van der Waals surface area contributed by atoms with Gasteiger partial charge in [0, 0.05) is 19.5 Å². The molecule has 2 atom stereocenters. The van der Waals surface area contributed by atoms with Crippen molar-refractivity contribution in [2.75, 3.05) is 18.0 Å². The lowest BCUT2D eigenvalue weighted by Gasteiger charge is -2.32. The highest BCUT2D eigenvalue weighted by molar-refractivity contribution is 6.23. The Kier molecular flexibility index (Phi) is 4.56. The maximum atomic E-state index is 14.8. The van der Waals surface area contributed by atoms with E-state index in [1.54, 1.807) is 4.90 Å². The molecule has 29 heavy (non-hydrogen) atoms. The van der Waals surface area contributed by atoms with Crippen LogP contribution in [0, 0.1) is 11.7 Å². The fraction of sp³-hybridized carbons (Fsp3) is 0.421. The van der Waals surface area contributed by atoms with Gasteiger partial charge >= 0.3 is 5.97 Å². The fourth-order valence-electron chi connectivity index (χ4n) is 4.12. The number of carbonyl (C=O) groups excluding carboxylic acids is 4. The van der Waals surface area contributed by atoms with Crippen molar-refractivity contribution in [2.45, 2.75) is 31.7 Å². The van der Waals surface area contributed by atoms with Crippen LogP contribution in [0.1, 0.15) is 46.4 Å². The number of benzene rings is 1. The summed E-state index contributed by atoms with van der Waals surface area (Å²) in [5, 5.41) is 11.3. The minimum atomic E-state index is -1.13. The highest BCUT2D eigenvalue weighted by Crippen LogP contribution is 2.34. The summed E-state index contributed by atoms with van der Waals surface area (Å²) in [7, 11) is 0. The summed E-state index contributed by atoms with van der Waals surface area (Å²) in [5.41, 5.74) is -0.123. The molecule has 1 aromatic rings. The highest BCUT2D eigenvalue weighted by atomic mass is 19.1. The number of anilines is 1. The van der Waals surface area contributed by atoms with Gasteiger partial charge < -0.3 is 10.0 Å². The molecule has 152 valence electrons. The maximum Gasteiger partial charge on any atom is 0.308 e. The molecule has 4 rings (SSSR count). The number of fused-ring (bicyclic) bond motifs is 1. The number of carboxylic acids is 1. The molecule has 3 aliphatic heterocycles. The number of piperidine rings is 2. The second-order valence-electron chi connectivity index (χ2n) is 7.42. The number of hydrogen-bond donors (Lipinski definition) is 2. The second kappa shape index (κ2) is 6.94. The molecule has 0 aliphatic carbocycles. The van der Waals surface area contributed by atoms with E-state index in [0.29, 0.717) is 19.4 Å². The Morgan fingerprint density at radius 3 is 2.45 bits per heavy atom. The van der Waals surface area contributed by atoms with Gasteiger partial charge in [0.1, 0.15) is 11.9 Å². The maximum absolute atomic E-state index is 14.8. The predicted octanol–water partition coefficient (Wildman–Crippen LogP) is 0.528. The number of amides is 4. The third-order valence-electron chi connectivity index (χ3n) is 5.62. The SMILES string of the molecule is O=C1CCC(N2C(=O)c3cc(F)c(N4CCCC(C(=O)O)C4)cc3C2=O)C(=O)N1. The van der Waals surface area contributed by atoms with Crippen molar-refractivity contribution in [2.24, 2.45) is 5.92 Å². The molecule has 2 N–H and O–H groups in total. The van der Waals surface area contributed by atoms with Crippen LogP contribution >= 0.6 is 0 Å². The van der Waals surface area contributed by atoms with Crippen LogP contribution in [0.3, 0.4) is 0 Å². The molecule has 3 aliphatic rings. The average Bonchev–Trinajstić information content (AvgIpc) is 2.91. The van der Waals surface area contributed by atoms with Crippen LogP contribution in [0.15, 0.2) is 12.1 Å². The van der Waals surface area contributed by atoms with Crippen molar-refractivity contribution in [3.8, 4) is 0 Å². The zero-order valence-electron chi connectivity index (χ0n) is 15.3. The van der Waals surface area contributed by atoms with Gasteiger partial charge in [-0.05, 0) is 31.4 Å². The van der Waals surface area contributed by atoms with E-state index in [4.69, 9.17) is 0 Å². The molecule has 1 aromatic carbocycles. The largest absolute Gasteiger partial charge is 0.481 e. The standard InChI is InChI=1S/C19H18FN3O6/c20-12-6-10-11(7-14(12)22-5-1-2-9(8-22)19(28)29)18(27)23(17(10)26)13-3-4-15(24)21-16(13)25/h6-7,9,13H,1-5,8H2,(H,28,29)(H,21,24,25). The van der Waals surface area contributed by atoms with Crippen LogP contribution in [0.5, 0.6) is 0 Å². The molecule has 0 spiro atoms. The number of imide groups is 2. The summed E-state index contributed by atoms with van der Waals surface area (Å²) < 4.78 is 14.8. The first-order chi connectivity index (χ1) is 13.8. The Hall–Kier alpha value is -3.30. The lowest BCUT2D eigenvalue weighted by Crippen LogP contribution is -2.54. The van der Waals surface area contributed by atoms with E-state index >= 15 is 0 Å². The molecular weight excluding hydrogens is 385 g/mol. The van der Waals surface area contributed by atoms with Gasteiger partial charge in [0.25, 0.3) is 11.8 Å². The monoisotopic (exact) mass is 403 g/mol. The molecule has 0 saturated carbocycles. The van der Waals surface area contributed by atoms with Crippen LogP contribution in [0.4, 0.5) is 10.1 Å². The Morgan fingerprint density at radius 1 is 1.10 bits per heavy atom. The van der Waals surface area contributed by atoms with Crippen LogP contribution in [0.2, 0.25) is 0 Å². The molecule has 2 fully saturated rings. The highest BCUT2D eigenvalue weighted by Gasteiger charge is 2.45. The molecule has 0 aromatic heterocycles. The first-order valence-corrected chi connectivity index (χ1v) is 9.31. The van der Waals surface area contributed by atoms with Crippen molar-refractivity contribution in [1.29, 1.82) is 0 Å². The summed E-state index contributed by atoms with van der Waals surface area (Å²) in [6.45, 7) is 0.530. The number of hydrogen-bond acceptors (Lipinski definition) is 6. The minimum absolute atomic E-state index is 0.00617. The number of halogens is 1. The number of carboxylic acid groups (broad SMARTS) is 1. The summed E-state index contributed by atoms with van der Waals surface area (Å²) in [6, 6.07) is 1.08. The van der Waals surface area contributed by atoms with Crippen LogP contribution in [-0.4, -0.2) is 58.7 Å². The summed E-state index contributed by atoms with van der Waals surface area (Å²) in [6.07, 6.45) is 1.05. The van der Waals surface area contributed by atoms with Gasteiger partial charge in [-0.2, -0.15) is 0 Å². The second-order valence-corrected chi connectivity index (χ2v) is 7.42. The van der Waals surface area contributed by atoms with Crippen molar-refractivity contribution in [3.05, 3.63) is 29.1 Å². The third kappa shape index (κ3) is 3.14. The van der Waals surface area contributed by atoms with Gasteiger partial charge in [-0.1, -0.05) is 0 Å². The lowest BCUT2D eigenvalue weighted by atomic mass is 9.97. The van der Waals surface area contributed by atoms with Crippen LogP contribution in [0.25, 0.3) is 0 Å². The normalized spacial score (nSPS) is 24.6. The Morgan fingerprint density at radius 2 is 1.79 bits per heavy atom. The molecule has 2 unspecified atom stereocenters. The lowest BCUT2D eigenvalue weighted by molar-refractivity contribution is -0.142. The molecule has 10 heteroatoms. The number of aliphatic carboxylic acids is 1. The molecule has 4 amide bonds. The van der Waals surface area contributed by atoms with Gasteiger partial charge in [-0.3, -0.25) is 34.2 Å². The summed E-state index contributed by atoms with van der Waals surface area (Å²) in [4.78, 5) is 62.6.